The van der Waals surface area contributed by atoms with Gasteiger partial charge in [-0.2, -0.15) is 0 Å². The first-order valence-corrected chi connectivity index (χ1v) is 44.2. The second-order valence-corrected chi connectivity index (χ2v) is 33.7. The molecule has 38 nitrogen and oxygen atoms in total. The van der Waals surface area contributed by atoms with Crippen LogP contribution in [0.15, 0.2) is 163 Å². The Kier molecular flexibility index (Phi) is 31.0. The summed E-state index contributed by atoms with van der Waals surface area (Å²) in [5.74, 6) is -9.10. The van der Waals surface area contributed by atoms with Gasteiger partial charge < -0.3 is 123 Å². The lowest BCUT2D eigenvalue weighted by Crippen LogP contribution is -2.58. The van der Waals surface area contributed by atoms with E-state index in [1.54, 1.807) is 85.8 Å². The highest BCUT2D eigenvalue weighted by atomic mass is 32.1. The zero-order valence-electron chi connectivity index (χ0n) is 74.3. The van der Waals surface area contributed by atoms with Crippen molar-refractivity contribution in [1.82, 2.24) is 57.7 Å². The minimum absolute atomic E-state index is 0.0103. The number of thiocarbonyl (C=S) groups is 1. The van der Waals surface area contributed by atoms with Crippen molar-refractivity contribution < 1.29 is 112 Å². The van der Waals surface area contributed by atoms with Gasteiger partial charge in [-0.05, 0) is 196 Å². The number of esters is 1. The molecule has 0 aromatic heterocycles. The van der Waals surface area contributed by atoms with Crippen molar-refractivity contribution in [3.63, 3.8) is 0 Å². The average molecular weight is 1870 g/mol. The van der Waals surface area contributed by atoms with Gasteiger partial charge in [0.2, 0.25) is 70.3 Å². The van der Waals surface area contributed by atoms with Gasteiger partial charge in [0.1, 0.15) is 76.8 Å². The summed E-state index contributed by atoms with van der Waals surface area (Å²) in [7, 11) is 4.38. The number of primary amides is 1. The number of phenols is 4. The van der Waals surface area contributed by atoms with Crippen LogP contribution in [0.4, 0.5) is 16.2 Å². The van der Waals surface area contributed by atoms with E-state index in [1.165, 1.54) is 112 Å². The molecule has 12 amide bonds. The van der Waals surface area contributed by atoms with Crippen LogP contribution in [0.25, 0.3) is 11.1 Å². The molecule has 8 aromatic rings. The van der Waals surface area contributed by atoms with E-state index in [1.807, 2.05) is 0 Å². The number of aliphatic carboxylic acids is 1. The lowest BCUT2D eigenvalue weighted by Gasteiger charge is -2.36. The third-order valence-electron chi connectivity index (χ3n) is 24.1. The van der Waals surface area contributed by atoms with Gasteiger partial charge in [0.25, 0.3) is 0 Å². The lowest BCUT2D eigenvalue weighted by atomic mass is 9.77. The predicted octanol–water partition coefficient (Wildman–Crippen LogP) is 5.52. The number of carbonyl (C=O) groups is 13. The van der Waals surface area contributed by atoms with Crippen molar-refractivity contribution in [1.29, 1.82) is 0 Å². The molecule has 9 atom stereocenters. The number of methoxy groups -OCH3 is 3. The Morgan fingerprint density at radius 3 is 1.89 bits per heavy atom. The number of carboxylic acids is 1. The number of amides is 12. The number of anilines is 2. The number of aromatic hydroxyl groups is 4. The van der Waals surface area contributed by atoms with Crippen LogP contribution in [0.1, 0.15) is 139 Å². The molecule has 2 saturated heterocycles. The van der Waals surface area contributed by atoms with Crippen LogP contribution in [-0.4, -0.2) is 213 Å². The summed E-state index contributed by atoms with van der Waals surface area (Å²) in [5.41, 5.74) is 8.49. The summed E-state index contributed by atoms with van der Waals surface area (Å²) in [6, 6.07) is 27.8. The summed E-state index contributed by atoms with van der Waals surface area (Å²) in [5, 5.41) is 81.2. The highest BCUT2D eigenvalue weighted by Crippen LogP contribution is 2.58. The van der Waals surface area contributed by atoms with Gasteiger partial charge in [0.05, 0.1) is 45.2 Å². The van der Waals surface area contributed by atoms with Crippen LogP contribution in [0.2, 0.25) is 0 Å². The van der Waals surface area contributed by atoms with E-state index < -0.39 is 156 Å². The fourth-order valence-corrected chi connectivity index (χ4v) is 17.9. The Balaban J connectivity index is 0.665. The summed E-state index contributed by atoms with van der Waals surface area (Å²) in [6.07, 6.45) is -0.886. The van der Waals surface area contributed by atoms with Gasteiger partial charge in [-0.15, -0.1) is 0 Å². The molecule has 4 aliphatic heterocycles. The van der Waals surface area contributed by atoms with Crippen LogP contribution in [0.3, 0.4) is 0 Å². The molecular formula is C96H104N14O24S. The second-order valence-electron chi connectivity index (χ2n) is 33.3. The van der Waals surface area contributed by atoms with Crippen LogP contribution < -0.4 is 88.6 Å². The molecule has 135 heavy (non-hydrogen) atoms. The Morgan fingerprint density at radius 1 is 0.585 bits per heavy atom. The number of carbonyl (C=O) groups excluding carboxylic acids is 12. The second kappa shape index (κ2) is 43.2. The highest BCUT2D eigenvalue weighted by molar-refractivity contribution is 7.80. The van der Waals surface area contributed by atoms with Crippen molar-refractivity contribution >= 4 is 106 Å². The van der Waals surface area contributed by atoms with Crippen LogP contribution in [0.5, 0.6) is 51.7 Å². The van der Waals surface area contributed by atoms with Crippen LogP contribution in [-0.2, 0) is 88.8 Å². The number of hydrogen-bond donors (Lipinski definition) is 17. The van der Waals surface area contributed by atoms with Crippen molar-refractivity contribution in [3.8, 4) is 62.9 Å². The Bertz CT molecular complexity index is 5940. The SMILES string of the molecule is COc1cc2c(c(OC)c1OC)-c1ccc(NC(=O)[C@H](Cc3ccc(O)cc3)N3C(=O)[C@@H](NC(=O)[C@H](Cc4ccc(O)cc4)NC(=O)[C@H](CCc4ccccc4)NC(=O)CNC(=O)[C@H](CCCNC(N)=O)NC(=O)[C@@H]4CCCN4C(=O)[C@H](CCC(=O)O)NC(=O)CCNC(=S)Nc4ccc5c(c4)C(=O)OC54c5ccc(O)cc5Oc5cc(O)ccc54)CC3C)c(=O)cc1[C@@H](NC(C)=O)CC2. The summed E-state index contributed by atoms with van der Waals surface area (Å²) in [4.78, 5) is 200. The molecule has 1 aliphatic carbocycles. The number of nitrogens with zero attached hydrogens (tertiary/aromatic N) is 2. The van der Waals surface area contributed by atoms with Gasteiger partial charge in [0.15, 0.2) is 22.2 Å². The molecule has 8 aromatic carbocycles. The molecule has 2 fully saturated rings. The third kappa shape index (κ3) is 23.0. The minimum atomic E-state index is -1.53. The van der Waals surface area contributed by atoms with Crippen molar-refractivity contribution in [2.45, 2.75) is 164 Å². The fourth-order valence-electron chi connectivity index (χ4n) is 17.7. The van der Waals surface area contributed by atoms with E-state index in [-0.39, 0.29) is 152 Å². The predicted molar refractivity (Wildman–Crippen MR) is 492 cm³/mol. The van der Waals surface area contributed by atoms with E-state index in [0.717, 1.165) is 16.0 Å². The molecule has 708 valence electrons. The first-order chi connectivity index (χ1) is 64.7. The number of fused-ring (bicyclic) bond motifs is 9. The van der Waals surface area contributed by atoms with Gasteiger partial charge in [-0.25, -0.2) is 9.59 Å². The maximum absolute atomic E-state index is 15.2. The molecule has 0 radical (unpaired) electrons. The molecule has 18 N–H and O–H groups in total. The largest absolute Gasteiger partial charge is 0.508 e. The number of nitrogens with two attached hydrogens (primary N) is 1. The number of carboxylic acid groups (broad SMARTS) is 1. The highest BCUT2D eigenvalue weighted by Gasteiger charge is 2.54. The minimum Gasteiger partial charge on any atom is -0.508 e. The van der Waals surface area contributed by atoms with Crippen molar-refractivity contribution in [2.75, 3.05) is 58.1 Å². The maximum atomic E-state index is 15.2. The quantitative estimate of drug-likeness (QED) is 0.0129. The van der Waals surface area contributed by atoms with E-state index in [0.29, 0.717) is 68.8 Å². The smallest absolute Gasteiger partial charge is 0.340 e. The Labute approximate surface area is 779 Å². The van der Waals surface area contributed by atoms with Crippen LogP contribution in [0, 0.1) is 0 Å². The van der Waals surface area contributed by atoms with Gasteiger partial charge in [0, 0.05) is 98.4 Å². The summed E-state index contributed by atoms with van der Waals surface area (Å²) in [6.45, 7) is 1.95. The molecule has 0 saturated carbocycles. The lowest BCUT2D eigenvalue weighted by molar-refractivity contribution is -0.143. The molecule has 39 heteroatoms. The maximum Gasteiger partial charge on any atom is 0.340 e. The monoisotopic (exact) mass is 1870 g/mol. The number of likely N-dealkylation sites (tertiary alicyclic amines) is 2. The van der Waals surface area contributed by atoms with E-state index in [2.05, 4.69) is 58.5 Å². The molecule has 4 heterocycles. The van der Waals surface area contributed by atoms with Gasteiger partial charge >= 0.3 is 18.0 Å². The number of nitrogens with one attached hydrogen (secondary N) is 11. The number of hydrogen-bond acceptors (Lipinski definition) is 24. The Morgan fingerprint density at radius 2 is 1.24 bits per heavy atom. The molecule has 1 unspecified atom stereocenters. The van der Waals surface area contributed by atoms with Crippen molar-refractivity contribution in [3.05, 3.63) is 218 Å². The molecular weight excluding hydrogens is 1770 g/mol. The van der Waals surface area contributed by atoms with E-state index in [4.69, 9.17) is 41.6 Å². The first-order valence-electron chi connectivity index (χ1n) is 43.8. The topological polar surface area (TPSA) is 551 Å². The first kappa shape index (κ1) is 97.0. The number of aryl methyl sites for hydroxylation is 2. The zero-order valence-corrected chi connectivity index (χ0v) is 75.1. The van der Waals surface area contributed by atoms with E-state index in [9.17, 15) is 73.5 Å². The average Bonchev–Trinajstić information content (AvgIpc) is 1.55. The number of ether oxygens (including phenoxy) is 5. The number of phenolic OH excluding ortho intramolecular Hbond substituents is 4. The van der Waals surface area contributed by atoms with Crippen LogP contribution >= 0.6 is 12.2 Å². The van der Waals surface area contributed by atoms with E-state index >= 15 is 19.2 Å². The molecule has 5 aliphatic rings. The Hall–Kier alpha value is -15.6. The van der Waals surface area contributed by atoms with Gasteiger partial charge in [-0.3, -0.25) is 57.5 Å². The molecule has 1 spiro atoms. The summed E-state index contributed by atoms with van der Waals surface area (Å²) >= 11 is 5.56. The number of rotatable bonds is 37. The number of benzene rings is 7. The van der Waals surface area contributed by atoms with Crippen molar-refractivity contribution in [2.24, 2.45) is 5.73 Å². The van der Waals surface area contributed by atoms with Gasteiger partial charge in [-0.1, -0.05) is 66.7 Å². The summed E-state index contributed by atoms with van der Waals surface area (Å²) < 4.78 is 29.6. The standard InChI is InChI=1S/C96H104N14O24S/c1-50-41-73(92(127)110(50)75(43-54-17-24-58(113)25-18-54)90(125)105-68-34-28-61-62(48-76(68)116)67(101-51(2)111)33-20-55-44-79(130-3)84(131-4)85(132-5)83(55)61)108-88(123)72(42-53-15-22-57(112)23-16-53)107-87(122)70(32-19-52-11-7-6-8-12-52)103-81(118)49-100-86(121)69(13-9-38-98-94(97)129)106-89(124)74-14-10-40-109(74)91(126)71(35-36-82(119)120)104-80(117)37-39-99-95(135)102-56-21-29-64-63(45-56)93(128)134-96(64)65-30-26-59(114)46-77(65)133-78-47-60(115)27-31-66(78)96/h6-8,11-12,15-18,21-31,34,44-48,50,67,69-75,112-115H,9-10,13-14,19-20,32-33,35-43,49H2,1-5H3,(H,100,121)(H,101,111)(H,103,118)(H,104,117)(H,106,124)(H,107,122)(H,108,123)(H,119,120)(H3,97,98,129)(H2,99,102,135)(H,105,116,125)/t50?,67-,69-,70-,71-,72-,73-,74-,75-/m0/s1. The molecule has 0 bridgehead atoms. The third-order valence-corrected chi connectivity index (χ3v) is 24.4. The fraction of sp³-hybridized carbons (Fsp3) is 0.344. The number of urea groups is 1. The normalized spacial score (nSPS) is 16.8. The zero-order chi connectivity index (χ0) is 96.6. The molecule has 13 rings (SSSR count).